The Labute approximate surface area is 268 Å². The monoisotopic (exact) mass is 585 g/mol. The average Bonchev–Trinajstić information content (AvgIpc) is 3.57. The lowest BCUT2D eigenvalue weighted by atomic mass is 9.81. The van der Waals surface area contributed by atoms with E-state index >= 15 is 0 Å². The van der Waals surface area contributed by atoms with Gasteiger partial charge in [0.2, 0.25) is 0 Å². The van der Waals surface area contributed by atoms with Gasteiger partial charge in [0.1, 0.15) is 0 Å². The third-order valence-corrected chi connectivity index (χ3v) is 10.6. The molecule has 0 N–H and O–H groups in total. The van der Waals surface area contributed by atoms with Crippen molar-refractivity contribution in [2.24, 2.45) is 0 Å². The molecule has 1 aromatic heterocycles. The second-order valence-corrected chi connectivity index (χ2v) is 13.3. The molecule has 1 heteroatoms. The summed E-state index contributed by atoms with van der Waals surface area (Å²) in [5, 5.41) is 10.4. The zero-order valence-electron chi connectivity index (χ0n) is 25.9. The highest BCUT2D eigenvalue weighted by molar-refractivity contribution is 6.36. The zero-order chi connectivity index (χ0) is 30.6. The van der Waals surface area contributed by atoms with Gasteiger partial charge in [-0.15, -0.1) is 0 Å². The van der Waals surface area contributed by atoms with Crippen LogP contribution >= 0.6 is 0 Å². The molecular formula is C45H31N. The first-order chi connectivity index (χ1) is 22.6. The number of para-hydroxylation sites is 1. The van der Waals surface area contributed by atoms with Gasteiger partial charge in [-0.05, 0) is 79.2 Å². The van der Waals surface area contributed by atoms with Crippen LogP contribution in [0.1, 0.15) is 25.0 Å². The maximum atomic E-state index is 2.49. The zero-order valence-corrected chi connectivity index (χ0v) is 25.9. The van der Waals surface area contributed by atoms with Crippen LogP contribution in [0.5, 0.6) is 0 Å². The molecule has 46 heavy (non-hydrogen) atoms. The SMILES string of the molecule is CC1(C)c2ccccc2-c2ccc(-c3ccc(-n4c5ccccc5c5c6c7ccccc7ccc6c6ccccc6c54)cc3)cc21. The Morgan fingerprint density at radius 1 is 0.435 bits per heavy atom. The highest BCUT2D eigenvalue weighted by atomic mass is 15.0. The van der Waals surface area contributed by atoms with E-state index in [1.165, 1.54) is 93.2 Å². The molecule has 1 heterocycles. The van der Waals surface area contributed by atoms with Crippen LogP contribution in [0.2, 0.25) is 0 Å². The fourth-order valence-electron chi connectivity index (χ4n) is 8.39. The van der Waals surface area contributed by atoms with Crippen molar-refractivity contribution in [2.75, 3.05) is 0 Å². The van der Waals surface area contributed by atoms with Crippen molar-refractivity contribution in [3.05, 3.63) is 163 Å². The van der Waals surface area contributed by atoms with Crippen molar-refractivity contribution >= 4 is 54.1 Å². The molecule has 216 valence electrons. The van der Waals surface area contributed by atoms with Gasteiger partial charge < -0.3 is 4.57 Å². The number of hydrogen-bond donors (Lipinski definition) is 0. The summed E-state index contributed by atoms with van der Waals surface area (Å²) in [5.74, 6) is 0. The van der Waals surface area contributed by atoms with Crippen LogP contribution in [0.3, 0.4) is 0 Å². The highest BCUT2D eigenvalue weighted by Gasteiger charge is 2.35. The number of nitrogens with zero attached hydrogens (tertiary/aromatic N) is 1. The molecule has 1 aliphatic carbocycles. The average molecular weight is 586 g/mol. The Morgan fingerprint density at radius 2 is 1.09 bits per heavy atom. The Morgan fingerprint density at radius 3 is 1.93 bits per heavy atom. The van der Waals surface area contributed by atoms with Gasteiger partial charge in [-0.3, -0.25) is 0 Å². The topological polar surface area (TPSA) is 4.93 Å². The largest absolute Gasteiger partial charge is 0.309 e. The van der Waals surface area contributed by atoms with E-state index in [1.54, 1.807) is 0 Å². The van der Waals surface area contributed by atoms with Gasteiger partial charge in [-0.2, -0.15) is 0 Å². The number of hydrogen-bond acceptors (Lipinski definition) is 0. The van der Waals surface area contributed by atoms with Crippen LogP contribution in [0.4, 0.5) is 0 Å². The van der Waals surface area contributed by atoms with Crippen molar-refractivity contribution in [1.82, 2.24) is 4.57 Å². The molecular weight excluding hydrogens is 555 g/mol. The normalized spacial score (nSPS) is 13.6. The third-order valence-electron chi connectivity index (χ3n) is 10.6. The Balaban J connectivity index is 1.22. The quantitative estimate of drug-likeness (QED) is 0.178. The van der Waals surface area contributed by atoms with Gasteiger partial charge in [0.25, 0.3) is 0 Å². The van der Waals surface area contributed by atoms with Gasteiger partial charge in [0.15, 0.2) is 0 Å². The predicted molar refractivity (Wildman–Crippen MR) is 196 cm³/mol. The minimum atomic E-state index is -0.0150. The van der Waals surface area contributed by atoms with Crippen LogP contribution in [0, 0.1) is 0 Å². The lowest BCUT2D eigenvalue weighted by Crippen LogP contribution is -2.14. The molecule has 10 rings (SSSR count). The van der Waals surface area contributed by atoms with E-state index in [9.17, 15) is 0 Å². The molecule has 0 spiro atoms. The standard InChI is InChI=1S/C45H31N/c1-45(2)39-17-9-7-14-34(39)35-25-22-30(27-40(35)45)28-19-23-31(24-20-28)46-41-18-10-8-16-38(41)43-42-32-12-4-3-11-29(32)21-26-36(42)33-13-5-6-15-37(33)44(43)46/h3-27H,1-2H3. The summed E-state index contributed by atoms with van der Waals surface area (Å²) < 4.78 is 2.49. The van der Waals surface area contributed by atoms with Crippen LogP contribution in [-0.2, 0) is 5.41 Å². The third kappa shape index (κ3) is 3.35. The minimum absolute atomic E-state index is 0.0150. The van der Waals surface area contributed by atoms with Gasteiger partial charge in [0.05, 0.1) is 11.0 Å². The molecule has 0 bridgehead atoms. The Kier molecular flexibility index (Phi) is 5.12. The van der Waals surface area contributed by atoms with Crippen molar-refractivity contribution in [2.45, 2.75) is 19.3 Å². The number of aromatic nitrogens is 1. The minimum Gasteiger partial charge on any atom is -0.309 e. The molecule has 0 unspecified atom stereocenters. The van der Waals surface area contributed by atoms with Crippen LogP contribution in [0.15, 0.2) is 152 Å². The van der Waals surface area contributed by atoms with Crippen LogP contribution < -0.4 is 0 Å². The summed E-state index contributed by atoms with van der Waals surface area (Å²) in [6.45, 7) is 4.70. The van der Waals surface area contributed by atoms with Gasteiger partial charge in [-0.1, -0.05) is 141 Å². The smallest absolute Gasteiger partial charge is 0.0626 e. The molecule has 9 aromatic rings. The highest BCUT2D eigenvalue weighted by Crippen LogP contribution is 2.50. The lowest BCUT2D eigenvalue weighted by Gasteiger charge is -2.22. The summed E-state index contributed by atoms with van der Waals surface area (Å²) in [6.07, 6.45) is 0. The summed E-state index contributed by atoms with van der Waals surface area (Å²) >= 11 is 0. The molecule has 0 saturated heterocycles. The van der Waals surface area contributed by atoms with E-state index in [2.05, 4.69) is 170 Å². The molecule has 8 aromatic carbocycles. The van der Waals surface area contributed by atoms with E-state index in [0.717, 1.165) is 0 Å². The fraction of sp³-hybridized carbons (Fsp3) is 0.0667. The first-order valence-corrected chi connectivity index (χ1v) is 16.2. The van der Waals surface area contributed by atoms with E-state index in [-0.39, 0.29) is 5.41 Å². The van der Waals surface area contributed by atoms with Crippen LogP contribution in [-0.4, -0.2) is 4.57 Å². The van der Waals surface area contributed by atoms with Crippen molar-refractivity contribution in [3.63, 3.8) is 0 Å². The van der Waals surface area contributed by atoms with Gasteiger partial charge >= 0.3 is 0 Å². The lowest BCUT2D eigenvalue weighted by molar-refractivity contribution is 0.660. The van der Waals surface area contributed by atoms with Gasteiger partial charge in [0, 0.05) is 32.6 Å². The van der Waals surface area contributed by atoms with E-state index in [0.29, 0.717) is 0 Å². The van der Waals surface area contributed by atoms with Gasteiger partial charge in [-0.25, -0.2) is 0 Å². The molecule has 0 saturated carbocycles. The van der Waals surface area contributed by atoms with Crippen LogP contribution in [0.25, 0.3) is 82.1 Å². The number of rotatable bonds is 2. The summed E-state index contributed by atoms with van der Waals surface area (Å²) in [4.78, 5) is 0. The first kappa shape index (κ1) is 25.6. The fourth-order valence-corrected chi connectivity index (χ4v) is 8.39. The molecule has 1 aliphatic rings. The maximum Gasteiger partial charge on any atom is 0.0626 e. The first-order valence-electron chi connectivity index (χ1n) is 16.2. The predicted octanol–water partition coefficient (Wildman–Crippen LogP) is 12.2. The summed E-state index contributed by atoms with van der Waals surface area (Å²) in [5.41, 5.74) is 11.7. The van der Waals surface area contributed by atoms with Crippen molar-refractivity contribution in [3.8, 4) is 27.9 Å². The molecule has 0 atom stereocenters. The molecule has 0 amide bonds. The van der Waals surface area contributed by atoms with Crippen molar-refractivity contribution < 1.29 is 0 Å². The summed E-state index contributed by atoms with van der Waals surface area (Å²) in [7, 11) is 0. The number of fused-ring (bicyclic) bond motifs is 13. The van der Waals surface area contributed by atoms with Crippen molar-refractivity contribution in [1.29, 1.82) is 0 Å². The molecule has 0 aliphatic heterocycles. The van der Waals surface area contributed by atoms with E-state index in [1.807, 2.05) is 0 Å². The molecule has 1 nitrogen and oxygen atoms in total. The second-order valence-electron chi connectivity index (χ2n) is 13.3. The summed E-state index contributed by atoms with van der Waals surface area (Å²) in [6, 6.07) is 56.3. The van der Waals surface area contributed by atoms with E-state index in [4.69, 9.17) is 0 Å². The molecule has 0 fully saturated rings. The maximum absolute atomic E-state index is 2.49. The van der Waals surface area contributed by atoms with E-state index < -0.39 is 0 Å². The molecule has 0 radical (unpaired) electrons. The second kappa shape index (κ2) is 9.19. The Hall–Kier alpha value is -5.66. The number of benzene rings is 8. The Bertz CT molecular complexity index is 2700.